The Balaban J connectivity index is 2.59. The zero-order valence-electron chi connectivity index (χ0n) is 10.7. The van der Waals surface area contributed by atoms with E-state index in [9.17, 15) is 0 Å². The van der Waals surface area contributed by atoms with Crippen LogP contribution in [0.1, 0.15) is 37.8 Å². The van der Waals surface area contributed by atoms with Gasteiger partial charge in [0.05, 0.1) is 0 Å². The molecule has 0 aliphatic carbocycles. The van der Waals surface area contributed by atoms with Crippen LogP contribution in [0.4, 0.5) is 0 Å². The van der Waals surface area contributed by atoms with E-state index in [1.807, 2.05) is 0 Å². The summed E-state index contributed by atoms with van der Waals surface area (Å²) in [4.78, 5) is 0. The third-order valence-corrected chi connectivity index (χ3v) is 3.76. The highest BCUT2D eigenvalue weighted by molar-refractivity contribution is 6.18. The Morgan fingerprint density at radius 1 is 1.19 bits per heavy atom. The van der Waals surface area contributed by atoms with Crippen LogP contribution >= 0.6 is 11.6 Å². The lowest BCUT2D eigenvalue weighted by Crippen LogP contribution is -2.16. The van der Waals surface area contributed by atoms with E-state index in [-0.39, 0.29) is 0 Å². The fourth-order valence-electron chi connectivity index (χ4n) is 2.13. The van der Waals surface area contributed by atoms with Crippen molar-refractivity contribution in [2.75, 3.05) is 5.88 Å². The van der Waals surface area contributed by atoms with E-state index in [1.165, 1.54) is 24.0 Å². The minimum Gasteiger partial charge on any atom is -0.126 e. The van der Waals surface area contributed by atoms with Crippen molar-refractivity contribution in [3.63, 3.8) is 0 Å². The molecule has 0 N–H and O–H groups in total. The molecule has 0 amide bonds. The lowest BCUT2D eigenvalue weighted by molar-refractivity contribution is 0.363. The van der Waals surface area contributed by atoms with Crippen molar-refractivity contribution in [2.24, 2.45) is 11.8 Å². The predicted molar refractivity (Wildman–Crippen MR) is 73.2 cm³/mol. The molecule has 1 heteroatoms. The van der Waals surface area contributed by atoms with E-state index in [4.69, 9.17) is 11.6 Å². The van der Waals surface area contributed by atoms with Crippen molar-refractivity contribution in [3.05, 3.63) is 35.4 Å². The molecule has 2 unspecified atom stereocenters. The molecule has 0 aliphatic heterocycles. The van der Waals surface area contributed by atoms with Crippen molar-refractivity contribution in [1.82, 2.24) is 0 Å². The second-order valence-corrected chi connectivity index (χ2v) is 5.18. The van der Waals surface area contributed by atoms with Gasteiger partial charge in [-0.25, -0.2) is 0 Å². The van der Waals surface area contributed by atoms with Gasteiger partial charge in [-0.1, -0.05) is 56.5 Å². The minimum absolute atomic E-state index is 0.615. The molecular weight excluding hydrogens is 216 g/mol. The third-order valence-electron chi connectivity index (χ3n) is 3.37. The van der Waals surface area contributed by atoms with E-state index in [2.05, 4.69) is 45.0 Å². The fraction of sp³-hybridized carbons (Fsp3) is 0.600. The van der Waals surface area contributed by atoms with Crippen LogP contribution in [0.15, 0.2) is 24.3 Å². The summed E-state index contributed by atoms with van der Waals surface area (Å²) >= 11 is 6.08. The van der Waals surface area contributed by atoms with Crippen LogP contribution in [0, 0.1) is 18.8 Å². The van der Waals surface area contributed by atoms with Crippen LogP contribution in [0.5, 0.6) is 0 Å². The molecule has 0 saturated carbocycles. The summed E-state index contributed by atoms with van der Waals surface area (Å²) in [5, 5.41) is 0. The number of halogens is 1. The Labute approximate surface area is 105 Å². The Kier molecular flexibility index (Phi) is 5.90. The molecule has 90 valence electrons. The molecule has 0 bridgehead atoms. The van der Waals surface area contributed by atoms with Crippen LogP contribution in [0.25, 0.3) is 0 Å². The maximum Gasteiger partial charge on any atom is 0.0257 e. The molecule has 1 rings (SSSR count). The van der Waals surface area contributed by atoms with Gasteiger partial charge in [-0.2, -0.15) is 0 Å². The molecule has 0 saturated heterocycles. The highest BCUT2D eigenvalue weighted by Gasteiger charge is 2.15. The van der Waals surface area contributed by atoms with Gasteiger partial charge in [0.25, 0.3) is 0 Å². The maximum atomic E-state index is 6.08. The molecule has 1 aromatic carbocycles. The van der Waals surface area contributed by atoms with E-state index < -0.39 is 0 Å². The normalized spacial score (nSPS) is 14.8. The van der Waals surface area contributed by atoms with Crippen LogP contribution in [0.3, 0.4) is 0 Å². The van der Waals surface area contributed by atoms with Gasteiger partial charge >= 0.3 is 0 Å². The van der Waals surface area contributed by atoms with Crippen molar-refractivity contribution < 1.29 is 0 Å². The summed E-state index contributed by atoms with van der Waals surface area (Å²) in [6.07, 6.45) is 3.65. The summed E-state index contributed by atoms with van der Waals surface area (Å²) in [7, 11) is 0. The summed E-state index contributed by atoms with van der Waals surface area (Å²) in [6.45, 7) is 6.70. The van der Waals surface area contributed by atoms with Crippen LogP contribution in [0.2, 0.25) is 0 Å². The molecule has 16 heavy (non-hydrogen) atoms. The number of rotatable bonds is 6. The molecule has 0 radical (unpaired) electrons. The van der Waals surface area contributed by atoms with Crippen molar-refractivity contribution in [2.45, 2.75) is 40.0 Å². The van der Waals surface area contributed by atoms with Gasteiger partial charge in [0.15, 0.2) is 0 Å². The zero-order chi connectivity index (χ0) is 12.0. The second-order valence-electron chi connectivity index (χ2n) is 4.87. The predicted octanol–water partition coefficient (Wildman–Crippen LogP) is 4.83. The molecule has 0 aliphatic rings. The highest BCUT2D eigenvalue weighted by atomic mass is 35.5. The molecule has 0 nitrogen and oxygen atoms in total. The molecule has 1 aromatic rings. The second kappa shape index (κ2) is 6.96. The van der Waals surface area contributed by atoms with E-state index in [0.717, 1.165) is 18.2 Å². The molecule has 0 spiro atoms. The standard InChI is InChI=1S/C15H23Cl/c1-4-5-13(3)15(11-16)10-14-8-6-12(2)7-9-14/h6-9,13,15H,4-5,10-11H2,1-3H3. The number of alkyl halides is 1. The van der Waals surface area contributed by atoms with Gasteiger partial charge in [0.2, 0.25) is 0 Å². The molecule has 0 heterocycles. The van der Waals surface area contributed by atoms with Gasteiger partial charge in [-0.3, -0.25) is 0 Å². The van der Waals surface area contributed by atoms with Gasteiger partial charge in [0.1, 0.15) is 0 Å². The SMILES string of the molecule is CCCC(C)C(CCl)Cc1ccc(C)cc1. The Morgan fingerprint density at radius 2 is 1.81 bits per heavy atom. The Bertz CT molecular complexity index is 289. The van der Waals surface area contributed by atoms with E-state index in [0.29, 0.717) is 5.92 Å². The number of hydrogen-bond donors (Lipinski definition) is 0. The fourth-order valence-corrected chi connectivity index (χ4v) is 2.54. The van der Waals surface area contributed by atoms with Gasteiger partial charge in [0, 0.05) is 5.88 Å². The summed E-state index contributed by atoms with van der Waals surface area (Å²) in [6, 6.07) is 8.83. The summed E-state index contributed by atoms with van der Waals surface area (Å²) < 4.78 is 0. The van der Waals surface area contributed by atoms with Gasteiger partial charge in [-0.15, -0.1) is 11.6 Å². The number of hydrogen-bond acceptors (Lipinski definition) is 0. The summed E-state index contributed by atoms with van der Waals surface area (Å²) in [5.74, 6) is 2.11. The lowest BCUT2D eigenvalue weighted by Gasteiger charge is -2.21. The maximum absolute atomic E-state index is 6.08. The van der Waals surface area contributed by atoms with Crippen LogP contribution in [-0.2, 0) is 6.42 Å². The third kappa shape index (κ3) is 4.17. The van der Waals surface area contributed by atoms with E-state index in [1.54, 1.807) is 0 Å². The zero-order valence-corrected chi connectivity index (χ0v) is 11.4. The summed E-state index contributed by atoms with van der Waals surface area (Å²) in [5.41, 5.74) is 2.74. The monoisotopic (exact) mass is 238 g/mol. The molecular formula is C15H23Cl. The van der Waals surface area contributed by atoms with Gasteiger partial charge in [-0.05, 0) is 30.7 Å². The quantitative estimate of drug-likeness (QED) is 0.623. The smallest absolute Gasteiger partial charge is 0.0257 e. The minimum atomic E-state index is 0.615. The van der Waals surface area contributed by atoms with Crippen molar-refractivity contribution >= 4 is 11.6 Å². The highest BCUT2D eigenvalue weighted by Crippen LogP contribution is 2.23. The number of benzene rings is 1. The Morgan fingerprint density at radius 3 is 2.31 bits per heavy atom. The largest absolute Gasteiger partial charge is 0.126 e. The lowest BCUT2D eigenvalue weighted by atomic mass is 9.86. The first-order chi connectivity index (χ1) is 7.67. The average molecular weight is 239 g/mol. The topological polar surface area (TPSA) is 0 Å². The van der Waals surface area contributed by atoms with E-state index >= 15 is 0 Å². The van der Waals surface area contributed by atoms with Crippen LogP contribution in [-0.4, -0.2) is 5.88 Å². The number of aryl methyl sites for hydroxylation is 1. The molecule has 0 fully saturated rings. The first kappa shape index (κ1) is 13.6. The van der Waals surface area contributed by atoms with Crippen LogP contribution < -0.4 is 0 Å². The Hall–Kier alpha value is -0.490. The molecule has 2 atom stereocenters. The van der Waals surface area contributed by atoms with Crippen molar-refractivity contribution in [1.29, 1.82) is 0 Å². The van der Waals surface area contributed by atoms with Gasteiger partial charge < -0.3 is 0 Å². The molecule has 0 aromatic heterocycles. The average Bonchev–Trinajstić information content (AvgIpc) is 2.28. The first-order valence-electron chi connectivity index (χ1n) is 6.28. The first-order valence-corrected chi connectivity index (χ1v) is 6.82. The van der Waals surface area contributed by atoms with Crippen molar-refractivity contribution in [3.8, 4) is 0 Å².